The highest BCUT2D eigenvalue weighted by Gasteiger charge is 2.24. The van der Waals surface area contributed by atoms with Gasteiger partial charge in [-0.1, -0.05) is 0 Å². The van der Waals surface area contributed by atoms with E-state index in [0.717, 1.165) is 12.8 Å². The van der Waals surface area contributed by atoms with E-state index in [0.29, 0.717) is 11.8 Å². The quantitative estimate of drug-likeness (QED) is 0.519. The van der Waals surface area contributed by atoms with Gasteiger partial charge < -0.3 is 20.4 Å². The minimum atomic E-state index is -0.800. The summed E-state index contributed by atoms with van der Waals surface area (Å²) in [6.07, 6.45) is 1.25. The van der Waals surface area contributed by atoms with Gasteiger partial charge in [0.25, 0.3) is 0 Å². The van der Waals surface area contributed by atoms with Gasteiger partial charge in [-0.05, 0) is 12.8 Å². The molecular formula is C11H20N2O4S. The Morgan fingerprint density at radius 2 is 2.17 bits per heavy atom. The molecule has 1 saturated carbocycles. The van der Waals surface area contributed by atoms with Crippen LogP contribution in [0.25, 0.3) is 0 Å². The minimum absolute atomic E-state index is 0.0679. The maximum atomic E-state index is 11.6. The third kappa shape index (κ3) is 6.23. The van der Waals surface area contributed by atoms with Gasteiger partial charge in [0.1, 0.15) is 0 Å². The first-order valence-electron chi connectivity index (χ1n) is 5.93. The molecule has 6 nitrogen and oxygen atoms in total. The summed E-state index contributed by atoms with van der Waals surface area (Å²) in [6, 6.07) is 0.301. The molecule has 18 heavy (non-hydrogen) atoms. The lowest BCUT2D eigenvalue weighted by atomic mass is 10.4. The molecule has 1 rings (SSSR count). The number of rotatable bonds is 8. The van der Waals surface area contributed by atoms with Crippen LogP contribution in [0, 0.1) is 0 Å². The van der Waals surface area contributed by atoms with Gasteiger partial charge in [-0.3, -0.25) is 9.59 Å². The van der Waals surface area contributed by atoms with Crippen LogP contribution in [0.3, 0.4) is 0 Å². The van der Waals surface area contributed by atoms with E-state index in [1.807, 2.05) is 0 Å². The SMILES string of the molecule is CN(CC(=O)NC1CC1)C(=O)CSCC(O)CO. The largest absolute Gasteiger partial charge is 0.394 e. The van der Waals surface area contributed by atoms with Gasteiger partial charge in [-0.25, -0.2) is 0 Å². The zero-order valence-corrected chi connectivity index (χ0v) is 11.3. The first kappa shape index (κ1) is 15.3. The van der Waals surface area contributed by atoms with E-state index in [9.17, 15) is 9.59 Å². The second-order valence-corrected chi connectivity index (χ2v) is 5.47. The second kappa shape index (κ2) is 7.60. The van der Waals surface area contributed by atoms with Gasteiger partial charge in [0.2, 0.25) is 11.8 Å². The van der Waals surface area contributed by atoms with E-state index in [2.05, 4.69) is 5.32 Å². The van der Waals surface area contributed by atoms with Crippen LogP contribution < -0.4 is 5.32 Å². The number of nitrogens with one attached hydrogen (secondary N) is 1. The fourth-order valence-electron chi connectivity index (χ4n) is 1.25. The highest BCUT2D eigenvalue weighted by Crippen LogP contribution is 2.18. The number of aliphatic hydroxyl groups is 2. The fraction of sp³-hybridized carbons (Fsp3) is 0.818. The fourth-order valence-corrected chi connectivity index (χ4v) is 2.14. The number of carbonyl (C=O) groups excluding carboxylic acids is 2. The van der Waals surface area contributed by atoms with Crippen LogP contribution in [0.5, 0.6) is 0 Å². The third-order valence-corrected chi connectivity index (χ3v) is 3.57. The summed E-state index contributed by atoms with van der Waals surface area (Å²) in [4.78, 5) is 24.5. The van der Waals surface area contributed by atoms with Crippen molar-refractivity contribution in [2.24, 2.45) is 0 Å². The molecule has 1 unspecified atom stereocenters. The number of carbonyl (C=O) groups is 2. The minimum Gasteiger partial charge on any atom is -0.394 e. The zero-order chi connectivity index (χ0) is 13.5. The summed E-state index contributed by atoms with van der Waals surface area (Å²) in [5, 5.41) is 20.5. The van der Waals surface area contributed by atoms with E-state index >= 15 is 0 Å². The molecule has 0 saturated heterocycles. The van der Waals surface area contributed by atoms with Crippen molar-refractivity contribution in [3.05, 3.63) is 0 Å². The van der Waals surface area contributed by atoms with Crippen LogP contribution in [-0.4, -0.2) is 70.8 Å². The molecule has 1 aliphatic carbocycles. The number of amides is 2. The Morgan fingerprint density at radius 3 is 2.72 bits per heavy atom. The lowest BCUT2D eigenvalue weighted by Crippen LogP contribution is -2.40. The van der Waals surface area contributed by atoms with E-state index in [1.54, 1.807) is 7.05 Å². The highest BCUT2D eigenvalue weighted by atomic mass is 32.2. The van der Waals surface area contributed by atoms with Crippen LogP contribution in [0.1, 0.15) is 12.8 Å². The molecule has 1 atom stereocenters. The predicted molar refractivity (Wildman–Crippen MR) is 69.2 cm³/mol. The van der Waals surface area contributed by atoms with Gasteiger partial charge in [-0.2, -0.15) is 0 Å². The van der Waals surface area contributed by atoms with Crippen LogP contribution in [-0.2, 0) is 9.59 Å². The smallest absolute Gasteiger partial charge is 0.239 e. The number of nitrogens with zero attached hydrogens (tertiary/aromatic N) is 1. The molecule has 0 heterocycles. The van der Waals surface area contributed by atoms with Crippen LogP contribution in [0.4, 0.5) is 0 Å². The molecule has 2 amide bonds. The Bertz CT molecular complexity index is 297. The molecule has 1 aliphatic rings. The van der Waals surface area contributed by atoms with Crippen molar-refractivity contribution in [2.75, 3.05) is 31.7 Å². The monoisotopic (exact) mass is 276 g/mol. The Balaban J connectivity index is 2.13. The van der Waals surface area contributed by atoms with E-state index in [-0.39, 0.29) is 30.7 Å². The van der Waals surface area contributed by atoms with Gasteiger partial charge in [0.15, 0.2) is 0 Å². The molecule has 3 N–H and O–H groups in total. The van der Waals surface area contributed by atoms with Gasteiger partial charge in [0, 0.05) is 18.8 Å². The standard InChI is InChI=1S/C11H20N2O4S/c1-13(4-10(16)12-8-2-3-8)11(17)7-18-6-9(15)5-14/h8-9,14-15H,2-7H2,1H3,(H,12,16). The Labute approximate surface area is 111 Å². The van der Waals surface area contributed by atoms with Crippen molar-refractivity contribution in [3.8, 4) is 0 Å². The van der Waals surface area contributed by atoms with E-state index in [4.69, 9.17) is 10.2 Å². The van der Waals surface area contributed by atoms with Crippen LogP contribution >= 0.6 is 11.8 Å². The first-order chi connectivity index (χ1) is 8.52. The molecule has 0 aromatic heterocycles. The number of likely N-dealkylation sites (N-methyl/N-ethyl adjacent to an activating group) is 1. The number of aliphatic hydroxyl groups excluding tert-OH is 2. The molecule has 104 valence electrons. The van der Waals surface area contributed by atoms with E-state index < -0.39 is 6.10 Å². The molecular weight excluding hydrogens is 256 g/mol. The highest BCUT2D eigenvalue weighted by molar-refractivity contribution is 7.99. The van der Waals surface area contributed by atoms with Gasteiger partial charge in [0.05, 0.1) is 25.0 Å². The average molecular weight is 276 g/mol. The molecule has 0 bridgehead atoms. The molecule has 7 heteroatoms. The summed E-state index contributed by atoms with van der Waals surface area (Å²) >= 11 is 1.24. The predicted octanol–water partition coefficient (Wildman–Crippen LogP) is -1.19. The van der Waals surface area contributed by atoms with E-state index in [1.165, 1.54) is 16.7 Å². The average Bonchev–Trinajstić information content (AvgIpc) is 3.12. The maximum Gasteiger partial charge on any atom is 0.239 e. The van der Waals surface area contributed by atoms with Gasteiger partial charge >= 0.3 is 0 Å². The molecule has 1 fully saturated rings. The first-order valence-corrected chi connectivity index (χ1v) is 7.08. The van der Waals surface area contributed by atoms with Crippen LogP contribution in [0.15, 0.2) is 0 Å². The molecule has 0 aromatic carbocycles. The summed E-state index contributed by atoms with van der Waals surface area (Å²) in [6.45, 7) is -0.237. The number of thioether (sulfide) groups is 1. The third-order valence-electron chi connectivity index (χ3n) is 2.50. The normalized spacial score (nSPS) is 16.2. The van der Waals surface area contributed by atoms with Crippen molar-refractivity contribution in [2.45, 2.75) is 25.0 Å². The molecule has 0 radical (unpaired) electrons. The Morgan fingerprint density at radius 1 is 1.50 bits per heavy atom. The van der Waals surface area contributed by atoms with Crippen molar-refractivity contribution >= 4 is 23.6 Å². The van der Waals surface area contributed by atoms with Gasteiger partial charge in [-0.15, -0.1) is 11.8 Å². The second-order valence-electron chi connectivity index (χ2n) is 4.44. The zero-order valence-electron chi connectivity index (χ0n) is 10.5. The van der Waals surface area contributed by atoms with Crippen molar-refractivity contribution < 1.29 is 19.8 Å². The Hall–Kier alpha value is -0.790. The summed E-state index contributed by atoms with van der Waals surface area (Å²) in [5.74, 6) is 0.221. The Kier molecular flexibility index (Phi) is 6.45. The van der Waals surface area contributed by atoms with Crippen molar-refractivity contribution in [1.29, 1.82) is 0 Å². The summed E-state index contributed by atoms with van der Waals surface area (Å²) in [7, 11) is 1.58. The number of hydrogen-bond donors (Lipinski definition) is 3. The molecule has 0 spiro atoms. The number of hydrogen-bond acceptors (Lipinski definition) is 5. The topological polar surface area (TPSA) is 89.9 Å². The molecule has 0 aliphatic heterocycles. The molecule has 0 aromatic rings. The lowest BCUT2D eigenvalue weighted by molar-refractivity contribution is -0.132. The maximum absolute atomic E-state index is 11.6. The summed E-state index contributed by atoms with van der Waals surface area (Å²) < 4.78 is 0. The lowest BCUT2D eigenvalue weighted by Gasteiger charge is -2.16. The van der Waals surface area contributed by atoms with Crippen molar-refractivity contribution in [3.63, 3.8) is 0 Å². The summed E-state index contributed by atoms with van der Waals surface area (Å²) in [5.41, 5.74) is 0. The van der Waals surface area contributed by atoms with Crippen LogP contribution in [0.2, 0.25) is 0 Å². The van der Waals surface area contributed by atoms with Crippen molar-refractivity contribution in [1.82, 2.24) is 10.2 Å².